The molecule has 11 heavy (non-hydrogen) atoms. The second-order valence-electron chi connectivity index (χ2n) is 3.48. The molecular formula is C9H18O2. The highest BCUT2D eigenvalue weighted by Gasteiger charge is 2.21. The van der Waals surface area contributed by atoms with E-state index in [1.807, 2.05) is 0 Å². The summed E-state index contributed by atoms with van der Waals surface area (Å²) in [5, 5.41) is 18.1. The number of hydrogen-bond donors (Lipinski definition) is 2. The SMILES string of the molecule is OCCC[C@@H]1CCCC[C@@H]1O. The van der Waals surface area contributed by atoms with Crippen LogP contribution in [0.5, 0.6) is 0 Å². The molecule has 0 aromatic rings. The van der Waals surface area contributed by atoms with Gasteiger partial charge in [0.05, 0.1) is 6.10 Å². The molecule has 1 rings (SSSR count). The Hall–Kier alpha value is -0.0800. The lowest BCUT2D eigenvalue weighted by Crippen LogP contribution is -2.24. The zero-order chi connectivity index (χ0) is 8.10. The molecule has 66 valence electrons. The minimum Gasteiger partial charge on any atom is -0.396 e. The Bertz CT molecular complexity index is 104. The van der Waals surface area contributed by atoms with E-state index < -0.39 is 0 Å². The van der Waals surface area contributed by atoms with Crippen LogP contribution in [0.25, 0.3) is 0 Å². The molecule has 0 radical (unpaired) electrons. The van der Waals surface area contributed by atoms with Gasteiger partial charge in [-0.15, -0.1) is 0 Å². The van der Waals surface area contributed by atoms with Gasteiger partial charge in [0.25, 0.3) is 0 Å². The number of aliphatic hydroxyl groups excluding tert-OH is 2. The zero-order valence-electron chi connectivity index (χ0n) is 7.00. The van der Waals surface area contributed by atoms with E-state index in [4.69, 9.17) is 5.11 Å². The van der Waals surface area contributed by atoms with Crippen molar-refractivity contribution in [3.63, 3.8) is 0 Å². The third kappa shape index (κ3) is 2.80. The summed E-state index contributed by atoms with van der Waals surface area (Å²) in [4.78, 5) is 0. The summed E-state index contributed by atoms with van der Waals surface area (Å²) in [5.74, 6) is 0.468. The topological polar surface area (TPSA) is 40.5 Å². The van der Waals surface area contributed by atoms with Crippen molar-refractivity contribution in [1.82, 2.24) is 0 Å². The van der Waals surface area contributed by atoms with Crippen molar-refractivity contribution in [1.29, 1.82) is 0 Å². The number of rotatable bonds is 3. The van der Waals surface area contributed by atoms with Crippen molar-refractivity contribution in [2.75, 3.05) is 6.61 Å². The summed E-state index contributed by atoms with van der Waals surface area (Å²) in [7, 11) is 0. The first-order chi connectivity index (χ1) is 5.34. The lowest BCUT2D eigenvalue weighted by Gasteiger charge is -2.27. The summed E-state index contributed by atoms with van der Waals surface area (Å²) in [6, 6.07) is 0. The van der Waals surface area contributed by atoms with Crippen LogP contribution in [-0.4, -0.2) is 22.9 Å². The second-order valence-corrected chi connectivity index (χ2v) is 3.48. The zero-order valence-corrected chi connectivity index (χ0v) is 7.00. The van der Waals surface area contributed by atoms with Gasteiger partial charge in [0, 0.05) is 6.61 Å². The molecule has 2 atom stereocenters. The Labute approximate surface area is 68.2 Å². The molecule has 0 amide bonds. The van der Waals surface area contributed by atoms with Crippen molar-refractivity contribution in [3.05, 3.63) is 0 Å². The van der Waals surface area contributed by atoms with Gasteiger partial charge < -0.3 is 10.2 Å². The lowest BCUT2D eigenvalue weighted by molar-refractivity contribution is 0.0614. The van der Waals surface area contributed by atoms with Gasteiger partial charge in [0.1, 0.15) is 0 Å². The first kappa shape index (κ1) is 9.01. The molecule has 2 nitrogen and oxygen atoms in total. The van der Waals surface area contributed by atoms with Crippen molar-refractivity contribution < 1.29 is 10.2 Å². The average molecular weight is 158 g/mol. The second kappa shape index (κ2) is 4.73. The van der Waals surface area contributed by atoms with Gasteiger partial charge >= 0.3 is 0 Å². The van der Waals surface area contributed by atoms with E-state index >= 15 is 0 Å². The maximum atomic E-state index is 9.51. The highest BCUT2D eigenvalue weighted by molar-refractivity contribution is 4.73. The molecule has 1 aliphatic rings. The molecule has 2 N–H and O–H groups in total. The van der Waals surface area contributed by atoms with E-state index in [2.05, 4.69) is 0 Å². The monoisotopic (exact) mass is 158 g/mol. The van der Waals surface area contributed by atoms with Gasteiger partial charge in [-0.2, -0.15) is 0 Å². The summed E-state index contributed by atoms with van der Waals surface area (Å²) >= 11 is 0. The van der Waals surface area contributed by atoms with Crippen LogP contribution in [0, 0.1) is 5.92 Å². The molecular weight excluding hydrogens is 140 g/mol. The first-order valence-electron chi connectivity index (χ1n) is 4.63. The summed E-state index contributed by atoms with van der Waals surface area (Å²) in [6.07, 6.45) is 6.32. The van der Waals surface area contributed by atoms with Crippen LogP contribution in [0.3, 0.4) is 0 Å². The summed E-state index contributed by atoms with van der Waals surface area (Å²) in [5.41, 5.74) is 0. The predicted octanol–water partition coefficient (Wildman–Crippen LogP) is 1.31. The lowest BCUT2D eigenvalue weighted by atomic mass is 9.84. The third-order valence-electron chi connectivity index (χ3n) is 2.60. The molecule has 1 aliphatic carbocycles. The quantitative estimate of drug-likeness (QED) is 0.650. The molecule has 0 bridgehead atoms. The maximum absolute atomic E-state index is 9.51. The highest BCUT2D eigenvalue weighted by Crippen LogP contribution is 2.27. The molecule has 0 aromatic heterocycles. The molecule has 0 aromatic carbocycles. The standard InChI is InChI=1S/C9H18O2/c10-7-3-5-8-4-1-2-6-9(8)11/h8-11H,1-7H2/t8-,9-/m0/s1. The van der Waals surface area contributed by atoms with E-state index in [9.17, 15) is 5.11 Å². The van der Waals surface area contributed by atoms with Crippen molar-refractivity contribution in [2.45, 2.75) is 44.6 Å². The van der Waals surface area contributed by atoms with Gasteiger partial charge in [-0.1, -0.05) is 12.8 Å². The highest BCUT2D eigenvalue weighted by atomic mass is 16.3. The molecule has 1 fully saturated rings. The van der Waals surface area contributed by atoms with E-state index in [-0.39, 0.29) is 12.7 Å². The van der Waals surface area contributed by atoms with Crippen LogP contribution in [0.2, 0.25) is 0 Å². The Morgan fingerprint density at radius 2 is 1.91 bits per heavy atom. The van der Waals surface area contributed by atoms with Crippen molar-refractivity contribution >= 4 is 0 Å². The molecule has 0 aliphatic heterocycles. The van der Waals surface area contributed by atoms with Gasteiger partial charge in [-0.25, -0.2) is 0 Å². The fraction of sp³-hybridized carbons (Fsp3) is 1.00. The van der Waals surface area contributed by atoms with Gasteiger partial charge in [-0.3, -0.25) is 0 Å². The van der Waals surface area contributed by atoms with Crippen LogP contribution in [0.15, 0.2) is 0 Å². The van der Waals surface area contributed by atoms with E-state index in [1.54, 1.807) is 0 Å². The number of aliphatic hydroxyl groups is 2. The van der Waals surface area contributed by atoms with Crippen LogP contribution >= 0.6 is 0 Å². The molecule has 2 heteroatoms. The predicted molar refractivity (Wildman–Crippen MR) is 44.3 cm³/mol. The van der Waals surface area contributed by atoms with E-state index in [0.29, 0.717) is 5.92 Å². The summed E-state index contributed by atoms with van der Waals surface area (Å²) in [6.45, 7) is 0.267. The van der Waals surface area contributed by atoms with Crippen LogP contribution < -0.4 is 0 Å². The van der Waals surface area contributed by atoms with Gasteiger partial charge in [-0.05, 0) is 31.6 Å². The first-order valence-corrected chi connectivity index (χ1v) is 4.63. The van der Waals surface area contributed by atoms with Gasteiger partial charge in [0.2, 0.25) is 0 Å². The van der Waals surface area contributed by atoms with Crippen molar-refractivity contribution in [2.24, 2.45) is 5.92 Å². The summed E-state index contributed by atoms with van der Waals surface area (Å²) < 4.78 is 0. The normalized spacial score (nSPS) is 32.2. The Morgan fingerprint density at radius 1 is 1.18 bits per heavy atom. The Balaban J connectivity index is 2.18. The van der Waals surface area contributed by atoms with Crippen LogP contribution in [0.1, 0.15) is 38.5 Å². The minimum atomic E-state index is -0.0877. The third-order valence-corrected chi connectivity index (χ3v) is 2.60. The molecule has 0 unspecified atom stereocenters. The number of hydrogen-bond acceptors (Lipinski definition) is 2. The fourth-order valence-electron chi connectivity index (χ4n) is 1.88. The van der Waals surface area contributed by atoms with Crippen LogP contribution in [-0.2, 0) is 0 Å². The largest absolute Gasteiger partial charge is 0.396 e. The Morgan fingerprint density at radius 3 is 2.55 bits per heavy atom. The smallest absolute Gasteiger partial charge is 0.0568 e. The van der Waals surface area contributed by atoms with Gasteiger partial charge in [0.15, 0.2) is 0 Å². The van der Waals surface area contributed by atoms with Crippen LogP contribution in [0.4, 0.5) is 0 Å². The molecule has 0 heterocycles. The minimum absolute atomic E-state index is 0.0877. The Kier molecular flexibility index (Phi) is 3.87. The van der Waals surface area contributed by atoms with Crippen molar-refractivity contribution in [3.8, 4) is 0 Å². The maximum Gasteiger partial charge on any atom is 0.0568 e. The average Bonchev–Trinajstić information content (AvgIpc) is 2.03. The van der Waals surface area contributed by atoms with E-state index in [1.165, 1.54) is 12.8 Å². The molecule has 0 spiro atoms. The molecule has 0 saturated heterocycles. The molecule has 1 saturated carbocycles. The fourth-order valence-corrected chi connectivity index (χ4v) is 1.88. The van der Waals surface area contributed by atoms with E-state index in [0.717, 1.165) is 25.7 Å².